The average molecular weight is 298 g/mol. The number of pyridine rings is 2. The van der Waals surface area contributed by atoms with Crippen molar-refractivity contribution >= 4 is 11.6 Å². The van der Waals surface area contributed by atoms with Gasteiger partial charge in [-0.1, -0.05) is 6.92 Å². The van der Waals surface area contributed by atoms with Crippen LogP contribution in [0.2, 0.25) is 0 Å². The molecule has 0 atom stereocenters. The molecule has 0 aliphatic carbocycles. The van der Waals surface area contributed by atoms with Crippen LogP contribution in [0, 0.1) is 0 Å². The lowest BCUT2D eigenvalue weighted by Gasteiger charge is -2.19. The van der Waals surface area contributed by atoms with Gasteiger partial charge in [-0.25, -0.2) is 0 Å². The molecule has 0 aliphatic heterocycles. The SMILES string of the molecule is CCCNC(=O)c1cncc(N(C)CCc2ccncc2)c1. The highest BCUT2D eigenvalue weighted by Gasteiger charge is 2.08. The standard InChI is InChI=1S/C17H22N4O/c1-3-7-20-17(22)15-11-16(13-19-12-15)21(2)10-6-14-4-8-18-9-5-14/h4-5,8-9,11-13H,3,6-7,10H2,1-2H3,(H,20,22). The lowest BCUT2D eigenvalue weighted by Crippen LogP contribution is -2.25. The van der Waals surface area contributed by atoms with Crippen molar-refractivity contribution in [2.24, 2.45) is 0 Å². The van der Waals surface area contributed by atoms with Crippen LogP contribution in [-0.4, -0.2) is 36.0 Å². The van der Waals surface area contributed by atoms with E-state index in [-0.39, 0.29) is 5.91 Å². The first-order valence-corrected chi connectivity index (χ1v) is 7.54. The summed E-state index contributed by atoms with van der Waals surface area (Å²) in [5.74, 6) is -0.0706. The molecule has 0 saturated heterocycles. The van der Waals surface area contributed by atoms with Crippen LogP contribution < -0.4 is 10.2 Å². The Kier molecular flexibility index (Phi) is 5.89. The van der Waals surface area contributed by atoms with Crippen LogP contribution in [0.1, 0.15) is 29.3 Å². The fourth-order valence-electron chi connectivity index (χ4n) is 2.08. The molecule has 0 unspecified atom stereocenters. The zero-order valence-electron chi connectivity index (χ0n) is 13.1. The molecular weight excluding hydrogens is 276 g/mol. The Bertz CT molecular complexity index is 601. The van der Waals surface area contributed by atoms with E-state index in [4.69, 9.17) is 0 Å². The summed E-state index contributed by atoms with van der Waals surface area (Å²) in [4.78, 5) is 22.3. The molecule has 2 heterocycles. The predicted octanol–water partition coefficient (Wildman–Crippen LogP) is 2.30. The molecule has 0 saturated carbocycles. The minimum Gasteiger partial charge on any atom is -0.373 e. The molecule has 2 rings (SSSR count). The Labute approximate surface area is 131 Å². The van der Waals surface area contributed by atoms with Crippen LogP contribution >= 0.6 is 0 Å². The summed E-state index contributed by atoms with van der Waals surface area (Å²) in [6.07, 6.45) is 8.83. The lowest BCUT2D eigenvalue weighted by molar-refractivity contribution is 0.0953. The van der Waals surface area contributed by atoms with Crippen molar-refractivity contribution in [1.82, 2.24) is 15.3 Å². The maximum atomic E-state index is 12.0. The van der Waals surface area contributed by atoms with Crippen molar-refractivity contribution < 1.29 is 4.79 Å². The molecule has 5 heteroatoms. The molecule has 1 N–H and O–H groups in total. The van der Waals surface area contributed by atoms with Crippen molar-refractivity contribution in [3.8, 4) is 0 Å². The lowest BCUT2D eigenvalue weighted by atomic mass is 10.2. The van der Waals surface area contributed by atoms with Crippen molar-refractivity contribution in [3.63, 3.8) is 0 Å². The number of nitrogens with one attached hydrogen (secondary N) is 1. The zero-order valence-corrected chi connectivity index (χ0v) is 13.1. The summed E-state index contributed by atoms with van der Waals surface area (Å²) in [7, 11) is 2.01. The predicted molar refractivity (Wildman–Crippen MR) is 88.1 cm³/mol. The minimum atomic E-state index is -0.0706. The minimum absolute atomic E-state index is 0.0706. The molecule has 0 bridgehead atoms. The second kappa shape index (κ2) is 8.12. The molecule has 2 aromatic heterocycles. The van der Waals surface area contributed by atoms with Crippen molar-refractivity contribution in [1.29, 1.82) is 0 Å². The molecule has 116 valence electrons. The number of carbonyl (C=O) groups is 1. The Morgan fingerprint density at radius 1 is 1.23 bits per heavy atom. The van der Waals surface area contributed by atoms with E-state index in [1.807, 2.05) is 32.2 Å². The normalized spacial score (nSPS) is 10.3. The molecular formula is C17H22N4O. The number of rotatable bonds is 7. The number of hydrogen-bond acceptors (Lipinski definition) is 4. The fourth-order valence-corrected chi connectivity index (χ4v) is 2.08. The maximum Gasteiger partial charge on any atom is 0.252 e. The number of hydrogen-bond donors (Lipinski definition) is 1. The zero-order chi connectivity index (χ0) is 15.8. The van der Waals surface area contributed by atoms with E-state index in [9.17, 15) is 4.79 Å². The van der Waals surface area contributed by atoms with Gasteiger partial charge in [-0.05, 0) is 36.6 Å². The van der Waals surface area contributed by atoms with Crippen molar-refractivity contribution in [2.75, 3.05) is 25.0 Å². The van der Waals surface area contributed by atoms with Gasteiger partial charge in [0, 0.05) is 38.7 Å². The van der Waals surface area contributed by atoms with Crippen LogP contribution in [0.5, 0.6) is 0 Å². The second-order valence-electron chi connectivity index (χ2n) is 5.21. The van der Waals surface area contributed by atoms with Gasteiger partial charge in [0.25, 0.3) is 5.91 Å². The summed E-state index contributed by atoms with van der Waals surface area (Å²) in [5, 5.41) is 2.87. The van der Waals surface area contributed by atoms with Gasteiger partial charge in [0.2, 0.25) is 0 Å². The first-order valence-electron chi connectivity index (χ1n) is 7.54. The smallest absolute Gasteiger partial charge is 0.252 e. The third-order valence-electron chi connectivity index (χ3n) is 3.45. The summed E-state index contributed by atoms with van der Waals surface area (Å²) in [5.41, 5.74) is 2.78. The van der Waals surface area contributed by atoms with Crippen molar-refractivity contribution in [3.05, 3.63) is 54.1 Å². The number of nitrogens with zero attached hydrogens (tertiary/aromatic N) is 3. The monoisotopic (exact) mass is 298 g/mol. The largest absolute Gasteiger partial charge is 0.373 e. The molecule has 0 aliphatic rings. The number of carbonyl (C=O) groups excluding carboxylic acids is 1. The second-order valence-corrected chi connectivity index (χ2v) is 5.21. The number of aromatic nitrogens is 2. The average Bonchev–Trinajstić information content (AvgIpc) is 2.58. The van der Waals surface area contributed by atoms with E-state index >= 15 is 0 Å². The summed E-state index contributed by atoms with van der Waals surface area (Å²) in [6.45, 7) is 3.56. The molecule has 5 nitrogen and oxygen atoms in total. The van der Waals surface area contributed by atoms with E-state index < -0.39 is 0 Å². The van der Waals surface area contributed by atoms with Gasteiger partial charge >= 0.3 is 0 Å². The first kappa shape index (κ1) is 15.9. The van der Waals surface area contributed by atoms with Crippen LogP contribution in [0.15, 0.2) is 43.0 Å². The third kappa shape index (κ3) is 4.55. The molecule has 1 amide bonds. The highest BCUT2D eigenvalue weighted by atomic mass is 16.1. The Morgan fingerprint density at radius 2 is 2.00 bits per heavy atom. The van der Waals surface area contributed by atoms with E-state index in [1.54, 1.807) is 24.8 Å². The Morgan fingerprint density at radius 3 is 2.73 bits per heavy atom. The number of amides is 1. The van der Waals surface area contributed by atoms with Gasteiger partial charge in [0.05, 0.1) is 17.4 Å². The van der Waals surface area contributed by atoms with Crippen molar-refractivity contribution in [2.45, 2.75) is 19.8 Å². The molecule has 0 spiro atoms. The quantitative estimate of drug-likeness (QED) is 0.852. The van der Waals surface area contributed by atoms with Crippen LogP contribution in [0.25, 0.3) is 0 Å². The highest BCUT2D eigenvalue weighted by molar-refractivity contribution is 5.94. The first-order chi connectivity index (χ1) is 10.7. The number of anilines is 1. The van der Waals surface area contributed by atoms with E-state index in [0.29, 0.717) is 12.1 Å². The maximum absolute atomic E-state index is 12.0. The topological polar surface area (TPSA) is 58.1 Å². The van der Waals surface area contributed by atoms with Gasteiger partial charge in [0.15, 0.2) is 0 Å². The Balaban J connectivity index is 1.97. The number of likely N-dealkylation sites (N-methyl/N-ethyl adjacent to an activating group) is 1. The van der Waals surface area contributed by atoms with Gasteiger partial charge in [-0.3, -0.25) is 14.8 Å². The van der Waals surface area contributed by atoms with Gasteiger partial charge < -0.3 is 10.2 Å². The van der Waals surface area contributed by atoms with Crippen LogP contribution in [0.4, 0.5) is 5.69 Å². The van der Waals surface area contributed by atoms with Crippen LogP contribution in [0.3, 0.4) is 0 Å². The fraction of sp³-hybridized carbons (Fsp3) is 0.353. The van der Waals surface area contributed by atoms with Gasteiger partial charge in [-0.15, -0.1) is 0 Å². The summed E-state index contributed by atoms with van der Waals surface area (Å²) in [6, 6.07) is 5.91. The van der Waals surface area contributed by atoms with Crippen LogP contribution in [-0.2, 0) is 6.42 Å². The molecule has 22 heavy (non-hydrogen) atoms. The third-order valence-corrected chi connectivity index (χ3v) is 3.45. The molecule has 2 aromatic rings. The summed E-state index contributed by atoms with van der Waals surface area (Å²) >= 11 is 0. The molecule has 0 radical (unpaired) electrons. The Hall–Kier alpha value is -2.43. The van der Waals surface area contributed by atoms with E-state index in [1.165, 1.54) is 5.56 Å². The van der Waals surface area contributed by atoms with Gasteiger partial charge in [0.1, 0.15) is 0 Å². The molecule has 0 aromatic carbocycles. The van der Waals surface area contributed by atoms with Gasteiger partial charge in [-0.2, -0.15) is 0 Å². The summed E-state index contributed by atoms with van der Waals surface area (Å²) < 4.78 is 0. The molecule has 0 fully saturated rings. The van der Waals surface area contributed by atoms with E-state index in [0.717, 1.165) is 25.1 Å². The highest BCUT2D eigenvalue weighted by Crippen LogP contribution is 2.13. The van der Waals surface area contributed by atoms with E-state index in [2.05, 4.69) is 20.2 Å².